The van der Waals surface area contributed by atoms with Crippen LogP contribution >= 0.6 is 0 Å². The van der Waals surface area contributed by atoms with Crippen LogP contribution < -0.4 is 10.6 Å². The van der Waals surface area contributed by atoms with Crippen molar-refractivity contribution in [1.82, 2.24) is 14.5 Å². The quantitative estimate of drug-likeness (QED) is 0.669. The zero-order valence-corrected chi connectivity index (χ0v) is 17.2. The summed E-state index contributed by atoms with van der Waals surface area (Å²) in [5.41, 5.74) is 0.521. The fourth-order valence-electron chi connectivity index (χ4n) is 3.10. The van der Waals surface area contributed by atoms with Gasteiger partial charge in [-0.15, -0.1) is 0 Å². The van der Waals surface area contributed by atoms with Crippen LogP contribution in [-0.4, -0.2) is 68.2 Å². The van der Waals surface area contributed by atoms with Gasteiger partial charge in [-0.05, 0) is 63.9 Å². The normalized spacial score (nSPS) is 18.8. The van der Waals surface area contributed by atoms with Gasteiger partial charge in [0.2, 0.25) is 21.8 Å². The molecule has 1 saturated carbocycles. The average molecular weight is 409 g/mol. The van der Waals surface area contributed by atoms with Crippen LogP contribution in [0.15, 0.2) is 29.2 Å². The number of carbonyl (C=O) groups is 2. The predicted octanol–water partition coefficient (Wildman–Crippen LogP) is 1.01. The summed E-state index contributed by atoms with van der Waals surface area (Å²) in [5.74, 6) is -0.335. The molecule has 1 aromatic rings. The Kier molecular flexibility index (Phi) is 6.36. The van der Waals surface area contributed by atoms with Crippen LogP contribution in [0.4, 0.5) is 5.69 Å². The zero-order chi connectivity index (χ0) is 20.3. The molecule has 1 saturated heterocycles. The van der Waals surface area contributed by atoms with Crippen molar-refractivity contribution >= 4 is 27.5 Å². The molecular formula is C19H28N4O4S. The van der Waals surface area contributed by atoms with E-state index in [1.807, 2.05) is 0 Å². The van der Waals surface area contributed by atoms with Crippen LogP contribution in [0.25, 0.3) is 0 Å². The average Bonchev–Trinajstić information content (AvgIpc) is 3.28. The maximum Gasteiger partial charge on any atom is 0.243 e. The Morgan fingerprint density at radius 2 is 1.79 bits per heavy atom. The smallest absolute Gasteiger partial charge is 0.243 e. The number of anilines is 1. The van der Waals surface area contributed by atoms with E-state index in [0.717, 1.165) is 25.7 Å². The summed E-state index contributed by atoms with van der Waals surface area (Å²) in [6.45, 7) is 2.99. The molecule has 2 amide bonds. The number of rotatable bonds is 8. The summed E-state index contributed by atoms with van der Waals surface area (Å²) < 4.78 is 26.6. The molecule has 1 atom stereocenters. The maximum absolute atomic E-state index is 12.5. The third-order valence-corrected chi connectivity index (χ3v) is 7.11. The SMILES string of the molecule is C[C@@H](C(=O)Nc1ccc(S(=O)(=O)N2CCCC2)cc1)N(C)CC(=O)NC1CC1. The van der Waals surface area contributed by atoms with E-state index in [1.54, 1.807) is 31.0 Å². The molecule has 1 aromatic carbocycles. The molecule has 2 N–H and O–H groups in total. The molecule has 2 aliphatic rings. The largest absolute Gasteiger partial charge is 0.352 e. The van der Waals surface area contributed by atoms with Gasteiger partial charge in [0.25, 0.3) is 0 Å². The lowest BCUT2D eigenvalue weighted by Crippen LogP contribution is -2.45. The second kappa shape index (κ2) is 8.59. The predicted molar refractivity (Wildman–Crippen MR) is 106 cm³/mol. The Morgan fingerprint density at radius 1 is 1.18 bits per heavy atom. The lowest BCUT2D eigenvalue weighted by atomic mass is 10.2. The summed E-state index contributed by atoms with van der Waals surface area (Å²) in [7, 11) is -1.74. The van der Waals surface area contributed by atoms with Gasteiger partial charge in [0, 0.05) is 24.8 Å². The zero-order valence-electron chi connectivity index (χ0n) is 16.3. The molecule has 0 radical (unpaired) electrons. The first-order chi connectivity index (χ1) is 13.3. The third kappa shape index (κ3) is 5.09. The van der Waals surface area contributed by atoms with E-state index in [2.05, 4.69) is 10.6 Å². The summed E-state index contributed by atoms with van der Waals surface area (Å²) in [6.07, 6.45) is 3.82. The number of benzene rings is 1. The van der Waals surface area contributed by atoms with Gasteiger partial charge in [-0.3, -0.25) is 14.5 Å². The Hall–Kier alpha value is -1.97. The number of amides is 2. The fourth-order valence-corrected chi connectivity index (χ4v) is 4.62. The van der Waals surface area contributed by atoms with Crippen molar-refractivity contribution in [3.63, 3.8) is 0 Å². The van der Waals surface area contributed by atoms with Crippen LogP contribution in [0.3, 0.4) is 0 Å². The molecule has 28 heavy (non-hydrogen) atoms. The fraction of sp³-hybridized carbons (Fsp3) is 0.579. The Bertz CT molecular complexity index is 815. The van der Waals surface area contributed by atoms with E-state index in [1.165, 1.54) is 16.4 Å². The first-order valence-corrected chi connectivity index (χ1v) is 11.1. The summed E-state index contributed by atoms with van der Waals surface area (Å²) in [4.78, 5) is 26.2. The highest BCUT2D eigenvalue weighted by Crippen LogP contribution is 2.22. The molecule has 8 nitrogen and oxygen atoms in total. The number of nitrogens with zero attached hydrogens (tertiary/aromatic N) is 2. The van der Waals surface area contributed by atoms with E-state index in [-0.39, 0.29) is 23.3 Å². The summed E-state index contributed by atoms with van der Waals surface area (Å²) >= 11 is 0. The van der Waals surface area contributed by atoms with Crippen LogP contribution in [0.5, 0.6) is 0 Å². The molecule has 0 aromatic heterocycles. The van der Waals surface area contributed by atoms with E-state index in [4.69, 9.17) is 0 Å². The molecular weight excluding hydrogens is 380 g/mol. The lowest BCUT2D eigenvalue weighted by molar-refractivity contribution is -0.124. The number of nitrogens with one attached hydrogen (secondary N) is 2. The molecule has 9 heteroatoms. The minimum atomic E-state index is -3.46. The van der Waals surface area contributed by atoms with Gasteiger partial charge in [-0.2, -0.15) is 4.31 Å². The first kappa shape index (κ1) is 20.8. The minimum absolute atomic E-state index is 0.0823. The number of hydrogen-bond donors (Lipinski definition) is 2. The number of carbonyl (C=O) groups excluding carboxylic acids is 2. The van der Waals surface area contributed by atoms with Crippen molar-refractivity contribution in [2.45, 2.75) is 49.6 Å². The maximum atomic E-state index is 12.5. The van der Waals surface area contributed by atoms with Crippen LogP contribution in [0.2, 0.25) is 0 Å². The van der Waals surface area contributed by atoms with Crippen LogP contribution in [0.1, 0.15) is 32.6 Å². The van der Waals surface area contributed by atoms with Gasteiger partial charge in [0.15, 0.2) is 0 Å². The van der Waals surface area contributed by atoms with Gasteiger partial charge >= 0.3 is 0 Å². The lowest BCUT2D eigenvalue weighted by Gasteiger charge is -2.23. The molecule has 1 heterocycles. The molecule has 1 aliphatic carbocycles. The molecule has 2 fully saturated rings. The summed E-state index contributed by atoms with van der Waals surface area (Å²) in [5, 5.41) is 5.67. The van der Waals surface area contributed by atoms with Crippen molar-refractivity contribution in [2.24, 2.45) is 0 Å². The molecule has 1 aliphatic heterocycles. The van der Waals surface area contributed by atoms with Gasteiger partial charge in [-0.1, -0.05) is 0 Å². The highest BCUT2D eigenvalue weighted by molar-refractivity contribution is 7.89. The van der Waals surface area contributed by atoms with E-state index < -0.39 is 16.1 Å². The van der Waals surface area contributed by atoms with Gasteiger partial charge in [-0.25, -0.2) is 8.42 Å². The Balaban J connectivity index is 1.55. The highest BCUT2D eigenvalue weighted by atomic mass is 32.2. The van der Waals surface area contributed by atoms with E-state index in [9.17, 15) is 18.0 Å². The molecule has 154 valence electrons. The Morgan fingerprint density at radius 3 is 2.36 bits per heavy atom. The van der Waals surface area contributed by atoms with Gasteiger partial charge in [0.1, 0.15) is 0 Å². The monoisotopic (exact) mass is 408 g/mol. The second-order valence-corrected chi connectivity index (χ2v) is 9.50. The molecule has 0 spiro atoms. The van der Waals surface area contributed by atoms with E-state index in [0.29, 0.717) is 24.8 Å². The topological polar surface area (TPSA) is 98.8 Å². The molecule has 0 unspecified atom stereocenters. The van der Waals surface area contributed by atoms with Crippen LogP contribution in [-0.2, 0) is 19.6 Å². The number of likely N-dealkylation sites (N-methyl/N-ethyl adjacent to an activating group) is 1. The van der Waals surface area contributed by atoms with Crippen molar-refractivity contribution in [3.8, 4) is 0 Å². The minimum Gasteiger partial charge on any atom is -0.352 e. The standard InChI is InChI=1S/C19H28N4O4S/c1-14(22(2)13-18(24)20-15-5-6-15)19(25)21-16-7-9-17(10-8-16)28(26,27)23-11-3-4-12-23/h7-10,14-15H,3-6,11-13H2,1-2H3,(H,20,24)(H,21,25)/t14-/m0/s1. The van der Waals surface area contributed by atoms with Crippen molar-refractivity contribution in [3.05, 3.63) is 24.3 Å². The first-order valence-electron chi connectivity index (χ1n) is 9.68. The Labute approximate surface area is 166 Å². The van der Waals surface area contributed by atoms with Crippen molar-refractivity contribution < 1.29 is 18.0 Å². The third-order valence-electron chi connectivity index (χ3n) is 5.20. The number of hydrogen-bond acceptors (Lipinski definition) is 5. The molecule has 0 bridgehead atoms. The van der Waals surface area contributed by atoms with E-state index >= 15 is 0 Å². The van der Waals surface area contributed by atoms with Gasteiger partial charge < -0.3 is 10.6 Å². The number of sulfonamides is 1. The highest BCUT2D eigenvalue weighted by Gasteiger charge is 2.28. The van der Waals surface area contributed by atoms with Crippen LogP contribution in [0, 0.1) is 0 Å². The van der Waals surface area contributed by atoms with Crippen molar-refractivity contribution in [1.29, 1.82) is 0 Å². The van der Waals surface area contributed by atoms with Crippen molar-refractivity contribution in [2.75, 3.05) is 32.0 Å². The van der Waals surface area contributed by atoms with Gasteiger partial charge in [0.05, 0.1) is 17.5 Å². The second-order valence-electron chi connectivity index (χ2n) is 7.56. The molecule has 3 rings (SSSR count). The summed E-state index contributed by atoms with van der Waals surface area (Å²) in [6, 6.07) is 6.00.